The molecule has 0 atom stereocenters. The first-order chi connectivity index (χ1) is 13.6. The Morgan fingerprint density at radius 2 is 1.82 bits per heavy atom. The third-order valence-corrected chi connectivity index (χ3v) is 5.26. The Hall–Kier alpha value is -2.58. The van der Waals surface area contributed by atoms with Crippen LogP contribution in [-0.4, -0.2) is 36.1 Å². The Balaban J connectivity index is 1.58. The van der Waals surface area contributed by atoms with Crippen molar-refractivity contribution in [2.45, 2.75) is 5.03 Å². The van der Waals surface area contributed by atoms with Gasteiger partial charge >= 0.3 is 0 Å². The van der Waals surface area contributed by atoms with E-state index in [4.69, 9.17) is 9.47 Å². The number of nitrogens with zero attached hydrogens (tertiary/aromatic N) is 2. The first kappa shape index (κ1) is 20.2. The number of benzene rings is 2. The fourth-order valence-corrected chi connectivity index (χ4v) is 3.28. The van der Waals surface area contributed by atoms with Crippen LogP contribution in [0.25, 0.3) is 11.3 Å². The lowest BCUT2D eigenvalue weighted by atomic mass is 10.1. The number of hydrogen-bond acceptors (Lipinski definition) is 6. The van der Waals surface area contributed by atoms with Crippen molar-refractivity contribution >= 4 is 39.3 Å². The Labute approximate surface area is 175 Å². The molecule has 28 heavy (non-hydrogen) atoms. The quantitative estimate of drug-likeness (QED) is 0.518. The predicted octanol–water partition coefficient (Wildman–Crippen LogP) is 4.65. The lowest BCUT2D eigenvalue weighted by Gasteiger charge is -2.11. The van der Waals surface area contributed by atoms with E-state index in [1.54, 1.807) is 32.4 Å². The molecular formula is C20H18BrN3O3S. The number of nitrogens with one attached hydrogen (secondary N) is 1. The summed E-state index contributed by atoms with van der Waals surface area (Å²) in [5, 5.41) is 11.9. The van der Waals surface area contributed by atoms with Crippen molar-refractivity contribution in [3.63, 3.8) is 0 Å². The average molecular weight is 460 g/mol. The first-order valence-electron chi connectivity index (χ1n) is 8.33. The molecule has 0 aliphatic rings. The number of aromatic nitrogens is 2. The van der Waals surface area contributed by atoms with Crippen LogP contribution in [0.15, 0.2) is 64.1 Å². The molecule has 0 saturated carbocycles. The van der Waals surface area contributed by atoms with Crippen LogP contribution in [0, 0.1) is 0 Å². The molecule has 8 heteroatoms. The summed E-state index contributed by atoms with van der Waals surface area (Å²) < 4.78 is 11.5. The number of ether oxygens (including phenoxy) is 2. The highest BCUT2D eigenvalue weighted by atomic mass is 79.9. The van der Waals surface area contributed by atoms with Crippen LogP contribution in [0.2, 0.25) is 0 Å². The van der Waals surface area contributed by atoms with Crippen LogP contribution < -0.4 is 14.8 Å². The van der Waals surface area contributed by atoms with Gasteiger partial charge in [-0.15, -0.1) is 10.2 Å². The van der Waals surface area contributed by atoms with Crippen molar-refractivity contribution in [1.29, 1.82) is 0 Å². The maximum atomic E-state index is 12.3. The summed E-state index contributed by atoms with van der Waals surface area (Å²) in [5.74, 6) is 1.25. The molecule has 1 aromatic heterocycles. The van der Waals surface area contributed by atoms with E-state index in [-0.39, 0.29) is 11.7 Å². The van der Waals surface area contributed by atoms with Gasteiger partial charge in [0.05, 0.1) is 31.4 Å². The highest BCUT2D eigenvalue weighted by Gasteiger charge is 2.10. The van der Waals surface area contributed by atoms with Crippen molar-refractivity contribution in [3.8, 4) is 22.8 Å². The van der Waals surface area contributed by atoms with Crippen LogP contribution in [0.5, 0.6) is 11.5 Å². The van der Waals surface area contributed by atoms with Gasteiger partial charge in [-0.3, -0.25) is 4.79 Å². The molecule has 0 radical (unpaired) electrons. The van der Waals surface area contributed by atoms with Crippen LogP contribution in [-0.2, 0) is 4.79 Å². The molecule has 1 N–H and O–H groups in total. The molecule has 3 rings (SSSR count). The molecule has 3 aromatic rings. The van der Waals surface area contributed by atoms with Crippen LogP contribution in [0.4, 0.5) is 5.69 Å². The maximum absolute atomic E-state index is 12.3. The summed E-state index contributed by atoms with van der Waals surface area (Å²) in [6.07, 6.45) is 0. The minimum atomic E-state index is -0.160. The van der Waals surface area contributed by atoms with Crippen LogP contribution in [0.3, 0.4) is 0 Å². The van der Waals surface area contributed by atoms with E-state index in [1.165, 1.54) is 11.8 Å². The van der Waals surface area contributed by atoms with Gasteiger partial charge in [0.1, 0.15) is 16.5 Å². The first-order valence-corrected chi connectivity index (χ1v) is 10.1. The van der Waals surface area contributed by atoms with Crippen molar-refractivity contribution < 1.29 is 14.3 Å². The summed E-state index contributed by atoms with van der Waals surface area (Å²) in [6.45, 7) is 0. The predicted molar refractivity (Wildman–Crippen MR) is 114 cm³/mol. The largest absolute Gasteiger partial charge is 0.497 e. The number of amides is 1. The van der Waals surface area contributed by atoms with Gasteiger partial charge in [-0.25, -0.2) is 0 Å². The molecule has 6 nitrogen and oxygen atoms in total. The number of thioether (sulfide) groups is 1. The molecule has 0 bridgehead atoms. The monoisotopic (exact) mass is 459 g/mol. The van der Waals surface area contributed by atoms with Crippen molar-refractivity contribution in [1.82, 2.24) is 10.2 Å². The average Bonchev–Trinajstić information content (AvgIpc) is 2.73. The fraction of sp³-hybridized carbons (Fsp3) is 0.150. The second kappa shape index (κ2) is 9.57. The van der Waals surface area contributed by atoms with Gasteiger partial charge in [0, 0.05) is 16.1 Å². The molecule has 144 valence electrons. The minimum Gasteiger partial charge on any atom is -0.497 e. The molecule has 1 amide bonds. The van der Waals surface area contributed by atoms with Crippen molar-refractivity contribution in [2.75, 3.05) is 25.3 Å². The second-order valence-corrected chi connectivity index (χ2v) is 7.58. The molecule has 0 aliphatic carbocycles. The number of halogens is 1. The van der Waals surface area contributed by atoms with Gasteiger partial charge in [0.2, 0.25) is 5.91 Å². The molecule has 2 aromatic carbocycles. The second-order valence-electron chi connectivity index (χ2n) is 5.67. The molecule has 1 heterocycles. The van der Waals surface area contributed by atoms with Gasteiger partial charge in [0.15, 0.2) is 0 Å². The van der Waals surface area contributed by atoms with Gasteiger partial charge in [0.25, 0.3) is 0 Å². The highest BCUT2D eigenvalue weighted by Crippen LogP contribution is 2.29. The fourth-order valence-electron chi connectivity index (χ4n) is 2.40. The number of hydrogen-bond donors (Lipinski definition) is 1. The van der Waals surface area contributed by atoms with Crippen LogP contribution in [0.1, 0.15) is 0 Å². The maximum Gasteiger partial charge on any atom is 0.234 e. The Morgan fingerprint density at radius 3 is 2.46 bits per heavy atom. The lowest BCUT2D eigenvalue weighted by molar-refractivity contribution is -0.113. The van der Waals surface area contributed by atoms with Gasteiger partial charge in [-0.1, -0.05) is 39.8 Å². The van der Waals surface area contributed by atoms with Crippen LogP contribution >= 0.6 is 27.7 Å². The zero-order valence-electron chi connectivity index (χ0n) is 15.3. The summed E-state index contributed by atoms with van der Waals surface area (Å²) in [7, 11) is 3.12. The Bertz CT molecular complexity index is 950. The molecule has 0 unspecified atom stereocenters. The van der Waals surface area contributed by atoms with E-state index in [2.05, 4.69) is 31.4 Å². The zero-order chi connectivity index (χ0) is 19.9. The van der Waals surface area contributed by atoms with E-state index in [0.717, 1.165) is 15.7 Å². The zero-order valence-corrected chi connectivity index (χ0v) is 17.7. The minimum absolute atomic E-state index is 0.160. The summed E-state index contributed by atoms with van der Waals surface area (Å²) in [4.78, 5) is 12.3. The van der Waals surface area contributed by atoms with Gasteiger partial charge in [-0.2, -0.15) is 0 Å². The summed E-state index contributed by atoms with van der Waals surface area (Å²) >= 11 is 4.73. The molecule has 0 saturated heterocycles. The topological polar surface area (TPSA) is 73.3 Å². The number of carbonyl (C=O) groups is 1. The molecule has 0 aliphatic heterocycles. The third-order valence-electron chi connectivity index (χ3n) is 3.81. The number of methoxy groups -OCH3 is 2. The van der Waals surface area contributed by atoms with Crippen molar-refractivity contribution in [3.05, 3.63) is 59.1 Å². The molecular weight excluding hydrogens is 442 g/mol. The van der Waals surface area contributed by atoms with E-state index in [1.807, 2.05) is 36.4 Å². The standard InChI is InChI=1S/C20H18BrN3O3S/c1-26-15-7-8-17(18(11-15)27-2)22-19(25)12-28-20-10-9-16(23-24-20)13-3-5-14(21)6-4-13/h3-11H,12H2,1-2H3,(H,22,25). The van der Waals surface area contributed by atoms with E-state index >= 15 is 0 Å². The normalized spacial score (nSPS) is 10.4. The van der Waals surface area contributed by atoms with Gasteiger partial charge in [-0.05, 0) is 36.4 Å². The lowest BCUT2D eigenvalue weighted by Crippen LogP contribution is -2.14. The highest BCUT2D eigenvalue weighted by molar-refractivity contribution is 9.10. The molecule has 0 spiro atoms. The SMILES string of the molecule is COc1ccc(NC(=O)CSc2ccc(-c3ccc(Br)cc3)nn2)c(OC)c1. The smallest absolute Gasteiger partial charge is 0.234 e. The Morgan fingerprint density at radius 1 is 1.04 bits per heavy atom. The van der Waals surface area contributed by atoms with Gasteiger partial charge < -0.3 is 14.8 Å². The molecule has 0 fully saturated rings. The number of rotatable bonds is 7. The van der Waals surface area contributed by atoms with Crippen molar-refractivity contribution in [2.24, 2.45) is 0 Å². The van der Waals surface area contributed by atoms with E-state index in [0.29, 0.717) is 22.2 Å². The summed E-state index contributed by atoms with van der Waals surface area (Å²) in [5.41, 5.74) is 2.35. The van der Waals surface area contributed by atoms with E-state index in [9.17, 15) is 4.79 Å². The Kier molecular flexibility index (Phi) is 6.89. The van der Waals surface area contributed by atoms with E-state index < -0.39 is 0 Å². The number of anilines is 1. The third kappa shape index (κ3) is 5.24. The number of carbonyl (C=O) groups excluding carboxylic acids is 1. The summed E-state index contributed by atoms with van der Waals surface area (Å²) in [6, 6.07) is 16.8.